The van der Waals surface area contributed by atoms with Gasteiger partial charge in [-0.2, -0.15) is 4.98 Å². The number of carbonyl (C=O) groups is 1. The number of hydrogen-bond donors (Lipinski definition) is 0. The number of hydrogen-bond acceptors (Lipinski definition) is 5. The summed E-state index contributed by atoms with van der Waals surface area (Å²) in [5.74, 6) is 1.47. The molecule has 2 aromatic carbocycles. The molecule has 0 radical (unpaired) electrons. The van der Waals surface area contributed by atoms with Gasteiger partial charge in [-0.3, -0.25) is 4.79 Å². The summed E-state index contributed by atoms with van der Waals surface area (Å²) in [6, 6.07) is 17.9. The smallest absolute Gasteiger partial charge is 0.260 e. The first kappa shape index (κ1) is 16.3. The second kappa shape index (κ2) is 7.39. The van der Waals surface area contributed by atoms with Crippen LogP contribution in [0.4, 0.5) is 0 Å². The van der Waals surface area contributed by atoms with E-state index in [4.69, 9.17) is 9.26 Å². The molecule has 1 atom stereocenters. The summed E-state index contributed by atoms with van der Waals surface area (Å²) in [6.07, 6.45) is 2.17. The van der Waals surface area contributed by atoms with Gasteiger partial charge in [0, 0.05) is 19.0 Å². The van der Waals surface area contributed by atoms with Crippen molar-refractivity contribution in [2.45, 2.75) is 12.3 Å². The molecule has 2 heterocycles. The highest BCUT2D eigenvalue weighted by atomic mass is 16.5. The monoisotopic (exact) mass is 349 g/mol. The van der Waals surface area contributed by atoms with Gasteiger partial charge < -0.3 is 14.2 Å². The Morgan fingerprint density at radius 2 is 1.88 bits per heavy atom. The summed E-state index contributed by atoms with van der Waals surface area (Å²) >= 11 is 0. The van der Waals surface area contributed by atoms with E-state index in [1.165, 1.54) is 6.39 Å². The largest absolute Gasteiger partial charge is 0.484 e. The molecule has 6 heteroatoms. The van der Waals surface area contributed by atoms with Crippen molar-refractivity contribution < 1.29 is 14.1 Å². The Morgan fingerprint density at radius 1 is 1.12 bits per heavy atom. The summed E-state index contributed by atoms with van der Waals surface area (Å²) < 4.78 is 10.4. The maximum absolute atomic E-state index is 12.4. The molecule has 1 amide bonds. The zero-order valence-corrected chi connectivity index (χ0v) is 14.2. The number of likely N-dealkylation sites (tertiary alicyclic amines) is 1. The average Bonchev–Trinajstić information content (AvgIpc) is 3.39. The van der Waals surface area contributed by atoms with Crippen LogP contribution >= 0.6 is 0 Å². The van der Waals surface area contributed by atoms with Gasteiger partial charge in [-0.25, -0.2) is 0 Å². The van der Waals surface area contributed by atoms with Crippen molar-refractivity contribution in [1.29, 1.82) is 0 Å². The van der Waals surface area contributed by atoms with Gasteiger partial charge in [-0.05, 0) is 29.7 Å². The van der Waals surface area contributed by atoms with E-state index in [1.807, 2.05) is 42.5 Å². The third-order valence-corrected chi connectivity index (χ3v) is 4.61. The predicted molar refractivity (Wildman–Crippen MR) is 95.6 cm³/mol. The lowest BCUT2D eigenvalue weighted by Crippen LogP contribution is -2.32. The lowest BCUT2D eigenvalue weighted by molar-refractivity contribution is -0.132. The molecule has 26 heavy (non-hydrogen) atoms. The molecular formula is C20H19N3O3. The highest BCUT2D eigenvalue weighted by molar-refractivity contribution is 5.78. The molecule has 3 aromatic rings. The Kier molecular flexibility index (Phi) is 4.64. The van der Waals surface area contributed by atoms with Crippen molar-refractivity contribution in [1.82, 2.24) is 15.0 Å². The molecule has 1 fully saturated rings. The van der Waals surface area contributed by atoms with Crippen LogP contribution in [0.3, 0.4) is 0 Å². The van der Waals surface area contributed by atoms with Crippen molar-refractivity contribution in [3.05, 3.63) is 66.8 Å². The van der Waals surface area contributed by atoms with Gasteiger partial charge in [0.1, 0.15) is 5.75 Å². The molecular weight excluding hydrogens is 330 g/mol. The first-order valence-electron chi connectivity index (χ1n) is 8.62. The molecule has 132 valence electrons. The molecule has 6 nitrogen and oxygen atoms in total. The SMILES string of the molecule is O=C(COc1ccc(-c2ccccc2)cc1)N1CC[C@@H](c2ncon2)C1. The van der Waals surface area contributed by atoms with Crippen molar-refractivity contribution in [2.24, 2.45) is 0 Å². The number of nitrogens with zero attached hydrogens (tertiary/aromatic N) is 3. The van der Waals surface area contributed by atoms with Gasteiger partial charge in [-0.1, -0.05) is 47.6 Å². The van der Waals surface area contributed by atoms with Crippen LogP contribution in [0.2, 0.25) is 0 Å². The van der Waals surface area contributed by atoms with Gasteiger partial charge in [0.15, 0.2) is 12.4 Å². The molecule has 0 unspecified atom stereocenters. The maximum atomic E-state index is 12.4. The van der Waals surface area contributed by atoms with Crippen LogP contribution in [0, 0.1) is 0 Å². The number of benzene rings is 2. The van der Waals surface area contributed by atoms with Crippen LogP contribution in [0.25, 0.3) is 11.1 Å². The molecule has 1 aliphatic rings. The van der Waals surface area contributed by atoms with Gasteiger partial charge in [-0.15, -0.1) is 0 Å². The molecule has 0 N–H and O–H groups in total. The quantitative estimate of drug-likeness (QED) is 0.708. The molecule has 0 saturated carbocycles. The minimum atomic E-state index is -0.0249. The van der Waals surface area contributed by atoms with Gasteiger partial charge in [0.2, 0.25) is 6.39 Å². The van der Waals surface area contributed by atoms with Crippen LogP contribution < -0.4 is 4.74 Å². The average molecular weight is 349 g/mol. The summed E-state index contributed by atoms with van der Waals surface area (Å²) in [5.41, 5.74) is 2.27. The fourth-order valence-electron chi connectivity index (χ4n) is 3.17. The fourth-order valence-corrected chi connectivity index (χ4v) is 3.17. The molecule has 1 aliphatic heterocycles. The first-order chi connectivity index (χ1) is 12.8. The summed E-state index contributed by atoms with van der Waals surface area (Å²) in [7, 11) is 0. The van der Waals surface area contributed by atoms with E-state index in [0.717, 1.165) is 17.5 Å². The van der Waals surface area contributed by atoms with Gasteiger partial charge >= 0.3 is 0 Å². The van der Waals surface area contributed by atoms with Gasteiger partial charge in [0.25, 0.3) is 5.91 Å². The molecule has 0 bridgehead atoms. The number of carbonyl (C=O) groups excluding carboxylic acids is 1. The molecule has 0 aliphatic carbocycles. The van der Waals surface area contributed by atoms with Crippen molar-refractivity contribution in [3.8, 4) is 16.9 Å². The van der Waals surface area contributed by atoms with E-state index in [2.05, 4.69) is 22.3 Å². The lowest BCUT2D eigenvalue weighted by Gasteiger charge is -2.16. The van der Waals surface area contributed by atoms with Crippen LogP contribution in [0.5, 0.6) is 5.75 Å². The summed E-state index contributed by atoms with van der Waals surface area (Å²) in [5, 5.41) is 3.86. The van der Waals surface area contributed by atoms with Crippen molar-refractivity contribution in [3.63, 3.8) is 0 Å². The third kappa shape index (κ3) is 3.59. The van der Waals surface area contributed by atoms with E-state index in [0.29, 0.717) is 24.7 Å². The maximum Gasteiger partial charge on any atom is 0.260 e. The van der Waals surface area contributed by atoms with Crippen LogP contribution in [-0.2, 0) is 4.79 Å². The number of amides is 1. The molecule has 0 spiro atoms. The summed E-state index contributed by atoms with van der Waals surface area (Å²) in [6.45, 7) is 1.33. The third-order valence-electron chi connectivity index (χ3n) is 4.61. The Labute approximate surface area is 151 Å². The molecule has 1 aromatic heterocycles. The Balaban J connectivity index is 1.31. The van der Waals surface area contributed by atoms with E-state index in [1.54, 1.807) is 4.90 Å². The van der Waals surface area contributed by atoms with E-state index in [-0.39, 0.29) is 18.4 Å². The van der Waals surface area contributed by atoms with Crippen LogP contribution in [0.15, 0.2) is 65.5 Å². The highest BCUT2D eigenvalue weighted by Gasteiger charge is 2.29. The standard InChI is InChI=1S/C20H19N3O3/c24-19(23-11-10-17(12-23)20-21-14-26-22-20)13-25-18-8-6-16(7-9-18)15-4-2-1-3-5-15/h1-9,14,17H,10-13H2/t17-/m1/s1. The Bertz CT molecular complexity index is 848. The van der Waals surface area contributed by atoms with Crippen LogP contribution in [0.1, 0.15) is 18.2 Å². The summed E-state index contributed by atoms with van der Waals surface area (Å²) in [4.78, 5) is 18.2. The van der Waals surface area contributed by atoms with E-state index < -0.39 is 0 Å². The number of rotatable bonds is 5. The zero-order chi connectivity index (χ0) is 17.8. The first-order valence-corrected chi connectivity index (χ1v) is 8.62. The second-order valence-corrected chi connectivity index (χ2v) is 6.29. The highest BCUT2D eigenvalue weighted by Crippen LogP contribution is 2.25. The second-order valence-electron chi connectivity index (χ2n) is 6.29. The van der Waals surface area contributed by atoms with E-state index >= 15 is 0 Å². The molecule has 4 rings (SSSR count). The fraction of sp³-hybridized carbons (Fsp3) is 0.250. The minimum Gasteiger partial charge on any atom is -0.484 e. The number of aromatic nitrogens is 2. The predicted octanol–water partition coefficient (Wildman–Crippen LogP) is 3.13. The number of ether oxygens (including phenoxy) is 1. The Morgan fingerprint density at radius 3 is 2.62 bits per heavy atom. The topological polar surface area (TPSA) is 68.5 Å². The zero-order valence-electron chi connectivity index (χ0n) is 14.2. The van der Waals surface area contributed by atoms with Crippen LogP contribution in [-0.4, -0.2) is 40.6 Å². The van der Waals surface area contributed by atoms with Crippen molar-refractivity contribution in [2.75, 3.05) is 19.7 Å². The van der Waals surface area contributed by atoms with E-state index in [9.17, 15) is 4.79 Å². The van der Waals surface area contributed by atoms with Gasteiger partial charge in [0.05, 0.1) is 0 Å². The Hall–Kier alpha value is -3.15. The normalized spacial score (nSPS) is 16.6. The minimum absolute atomic E-state index is 0.0249. The van der Waals surface area contributed by atoms with Crippen molar-refractivity contribution >= 4 is 5.91 Å². The lowest BCUT2D eigenvalue weighted by atomic mass is 10.1. The molecule has 1 saturated heterocycles.